The van der Waals surface area contributed by atoms with Gasteiger partial charge in [0.05, 0.1) is 24.5 Å². The predicted octanol–water partition coefficient (Wildman–Crippen LogP) is 2.30. The number of nitrogens with two attached hydrogens (primary N) is 1. The van der Waals surface area contributed by atoms with Gasteiger partial charge in [-0.3, -0.25) is 9.79 Å². The Balaban J connectivity index is 1.68. The number of anilines is 1. The second-order valence-electron chi connectivity index (χ2n) is 6.58. The van der Waals surface area contributed by atoms with Crippen LogP contribution in [0.4, 0.5) is 14.5 Å². The SMILES string of the molecule is NC1=N[C@@]2(c3cc(NC(=O)c4ncc(F)cn4)ccc3F)CCOCC2CS1. The maximum Gasteiger partial charge on any atom is 0.293 e. The van der Waals surface area contributed by atoms with Gasteiger partial charge in [0, 0.05) is 35.9 Å². The van der Waals surface area contributed by atoms with Crippen molar-refractivity contribution in [1.29, 1.82) is 0 Å². The molecule has 2 aliphatic rings. The van der Waals surface area contributed by atoms with E-state index in [0.717, 1.165) is 12.4 Å². The van der Waals surface area contributed by atoms with E-state index in [1.165, 1.54) is 23.9 Å². The second kappa shape index (κ2) is 7.44. The first-order valence-electron chi connectivity index (χ1n) is 8.63. The molecule has 0 spiro atoms. The molecule has 1 aromatic carbocycles. The van der Waals surface area contributed by atoms with Crippen LogP contribution < -0.4 is 11.1 Å². The van der Waals surface area contributed by atoms with Crippen molar-refractivity contribution >= 4 is 28.5 Å². The molecule has 1 amide bonds. The molecule has 7 nitrogen and oxygen atoms in total. The maximum absolute atomic E-state index is 14.8. The highest BCUT2D eigenvalue weighted by Gasteiger charge is 2.47. The molecule has 0 bridgehead atoms. The summed E-state index contributed by atoms with van der Waals surface area (Å²) in [6.07, 6.45) is 2.30. The van der Waals surface area contributed by atoms with Gasteiger partial charge >= 0.3 is 0 Å². The van der Waals surface area contributed by atoms with Crippen molar-refractivity contribution in [3.63, 3.8) is 0 Å². The normalized spacial score (nSPS) is 24.2. The predicted molar refractivity (Wildman–Crippen MR) is 101 cm³/mol. The molecular weight excluding hydrogens is 388 g/mol. The molecule has 4 rings (SSSR count). The lowest BCUT2D eigenvalue weighted by atomic mass is 9.75. The first-order chi connectivity index (χ1) is 13.5. The first-order valence-corrected chi connectivity index (χ1v) is 9.61. The number of fused-ring (bicyclic) bond motifs is 1. The number of hydrogen-bond donors (Lipinski definition) is 2. The van der Waals surface area contributed by atoms with Gasteiger partial charge in [0.2, 0.25) is 5.82 Å². The molecule has 0 radical (unpaired) electrons. The van der Waals surface area contributed by atoms with E-state index in [2.05, 4.69) is 20.3 Å². The Hall–Kier alpha value is -2.59. The maximum atomic E-state index is 14.8. The van der Waals surface area contributed by atoms with Crippen LogP contribution in [0.2, 0.25) is 0 Å². The Kier molecular flexibility index (Phi) is 4.98. The van der Waals surface area contributed by atoms with Crippen molar-refractivity contribution in [3.05, 3.63) is 53.6 Å². The summed E-state index contributed by atoms with van der Waals surface area (Å²) in [7, 11) is 0. The highest BCUT2D eigenvalue weighted by Crippen LogP contribution is 2.46. The fourth-order valence-corrected chi connectivity index (χ4v) is 4.48. The third kappa shape index (κ3) is 3.45. The minimum atomic E-state index is -0.829. The lowest BCUT2D eigenvalue weighted by molar-refractivity contribution is 0.00886. The summed E-state index contributed by atoms with van der Waals surface area (Å²) in [5.41, 5.74) is 5.85. The number of aromatic nitrogens is 2. The van der Waals surface area contributed by atoms with Crippen molar-refractivity contribution in [1.82, 2.24) is 9.97 Å². The van der Waals surface area contributed by atoms with E-state index in [-0.39, 0.29) is 11.7 Å². The van der Waals surface area contributed by atoms with Gasteiger partial charge in [0.15, 0.2) is 11.0 Å². The summed E-state index contributed by atoms with van der Waals surface area (Å²) in [5, 5.41) is 3.03. The van der Waals surface area contributed by atoms with Gasteiger partial charge in [-0.25, -0.2) is 18.7 Å². The minimum absolute atomic E-state index is 0.0283. The summed E-state index contributed by atoms with van der Waals surface area (Å²) in [6.45, 7) is 0.903. The van der Waals surface area contributed by atoms with E-state index in [1.54, 1.807) is 6.07 Å². The van der Waals surface area contributed by atoms with Gasteiger partial charge in [-0.15, -0.1) is 0 Å². The van der Waals surface area contributed by atoms with Crippen LogP contribution >= 0.6 is 11.8 Å². The molecule has 0 aliphatic carbocycles. The number of hydrogen-bond acceptors (Lipinski definition) is 7. The van der Waals surface area contributed by atoms with Crippen molar-refractivity contribution in [2.75, 3.05) is 24.3 Å². The number of nitrogens with zero attached hydrogens (tertiary/aromatic N) is 3. The number of nitrogens with one attached hydrogen (secondary N) is 1. The van der Waals surface area contributed by atoms with Crippen LogP contribution in [0.3, 0.4) is 0 Å². The Morgan fingerprint density at radius 3 is 2.89 bits per heavy atom. The topological polar surface area (TPSA) is 102 Å². The van der Waals surface area contributed by atoms with E-state index in [4.69, 9.17) is 10.5 Å². The monoisotopic (exact) mass is 405 g/mol. The molecule has 1 fully saturated rings. The van der Waals surface area contributed by atoms with E-state index in [0.29, 0.717) is 41.8 Å². The molecule has 146 valence electrons. The Bertz CT molecular complexity index is 940. The standard InChI is InChI=1S/C18H17F2N5O2S/c19-11-6-22-15(23-7-11)16(26)24-12-1-2-14(20)13(5-12)18-3-4-27-8-10(18)9-28-17(21)25-18/h1-2,5-7,10H,3-4,8-9H2,(H2,21,25)(H,24,26)/t10?,18-/m0/s1. The van der Waals surface area contributed by atoms with E-state index < -0.39 is 23.1 Å². The van der Waals surface area contributed by atoms with Crippen molar-refractivity contribution < 1.29 is 18.3 Å². The molecule has 1 aromatic heterocycles. The summed E-state index contributed by atoms with van der Waals surface area (Å²) < 4.78 is 33.3. The van der Waals surface area contributed by atoms with Gasteiger partial charge < -0.3 is 15.8 Å². The number of thioether (sulfide) groups is 1. The summed E-state index contributed by atoms with van der Waals surface area (Å²) in [4.78, 5) is 24.2. The highest BCUT2D eigenvalue weighted by molar-refractivity contribution is 8.13. The molecule has 2 aromatic rings. The lowest BCUT2D eigenvalue weighted by Crippen LogP contribution is -2.47. The number of amidine groups is 1. The molecule has 3 heterocycles. The van der Waals surface area contributed by atoms with Crippen LogP contribution in [-0.4, -0.2) is 40.0 Å². The molecule has 28 heavy (non-hydrogen) atoms. The van der Waals surface area contributed by atoms with Gasteiger partial charge in [-0.1, -0.05) is 11.8 Å². The quantitative estimate of drug-likeness (QED) is 0.812. The summed E-state index contributed by atoms with van der Waals surface area (Å²) in [5.74, 6) is -1.23. The molecule has 2 atom stereocenters. The number of ether oxygens (including phenoxy) is 1. The third-order valence-electron chi connectivity index (χ3n) is 4.88. The third-order valence-corrected chi connectivity index (χ3v) is 5.83. The first kappa shape index (κ1) is 18.8. The number of carbonyl (C=O) groups is 1. The number of halogens is 2. The number of rotatable bonds is 3. The largest absolute Gasteiger partial charge is 0.381 e. The van der Waals surface area contributed by atoms with Crippen LogP contribution in [0, 0.1) is 17.6 Å². The van der Waals surface area contributed by atoms with Crippen molar-refractivity contribution in [3.8, 4) is 0 Å². The van der Waals surface area contributed by atoms with Crippen LogP contribution in [0.25, 0.3) is 0 Å². The summed E-state index contributed by atoms with van der Waals surface area (Å²) >= 11 is 1.42. The number of benzene rings is 1. The smallest absolute Gasteiger partial charge is 0.293 e. The van der Waals surface area contributed by atoms with Crippen LogP contribution in [-0.2, 0) is 10.3 Å². The van der Waals surface area contributed by atoms with Gasteiger partial charge in [-0.05, 0) is 18.2 Å². The number of aliphatic imine (C=N–C) groups is 1. The Morgan fingerprint density at radius 1 is 1.32 bits per heavy atom. The average Bonchev–Trinajstić information content (AvgIpc) is 2.69. The Labute approximate surface area is 163 Å². The fraction of sp³-hybridized carbons (Fsp3) is 0.333. The van der Waals surface area contributed by atoms with Crippen molar-refractivity contribution in [2.24, 2.45) is 16.6 Å². The molecule has 3 N–H and O–H groups in total. The molecule has 2 aliphatic heterocycles. The van der Waals surface area contributed by atoms with Gasteiger partial charge in [0.1, 0.15) is 5.82 Å². The number of amides is 1. The Morgan fingerprint density at radius 2 is 2.11 bits per heavy atom. The molecule has 10 heteroatoms. The fourth-order valence-electron chi connectivity index (χ4n) is 3.51. The molecular formula is C18H17F2N5O2S. The van der Waals surface area contributed by atoms with Crippen LogP contribution in [0.15, 0.2) is 35.6 Å². The average molecular weight is 405 g/mol. The lowest BCUT2D eigenvalue weighted by Gasteiger charge is -2.44. The summed E-state index contributed by atoms with van der Waals surface area (Å²) in [6, 6.07) is 4.28. The highest BCUT2D eigenvalue weighted by atomic mass is 32.2. The minimum Gasteiger partial charge on any atom is -0.381 e. The second-order valence-corrected chi connectivity index (χ2v) is 7.62. The molecule has 0 saturated carbocycles. The van der Waals surface area contributed by atoms with E-state index >= 15 is 0 Å². The van der Waals surface area contributed by atoms with Gasteiger partial charge in [-0.2, -0.15) is 0 Å². The van der Waals surface area contributed by atoms with E-state index in [1.807, 2.05) is 0 Å². The van der Waals surface area contributed by atoms with Gasteiger partial charge in [0.25, 0.3) is 5.91 Å². The van der Waals surface area contributed by atoms with Crippen LogP contribution in [0.5, 0.6) is 0 Å². The molecule has 1 saturated heterocycles. The van der Waals surface area contributed by atoms with E-state index in [9.17, 15) is 13.6 Å². The zero-order valence-electron chi connectivity index (χ0n) is 14.7. The zero-order chi connectivity index (χ0) is 19.7. The number of carbonyl (C=O) groups excluding carboxylic acids is 1. The molecule has 1 unspecified atom stereocenters. The van der Waals surface area contributed by atoms with Crippen molar-refractivity contribution in [2.45, 2.75) is 12.0 Å². The zero-order valence-corrected chi connectivity index (χ0v) is 15.5. The van der Waals surface area contributed by atoms with Crippen LogP contribution in [0.1, 0.15) is 22.6 Å².